The van der Waals surface area contributed by atoms with Crippen LogP contribution in [0.25, 0.3) is 0 Å². The molecule has 0 radical (unpaired) electrons. The van der Waals surface area contributed by atoms with Gasteiger partial charge in [0.05, 0.1) is 7.11 Å². The molecule has 146 valence electrons. The Morgan fingerprint density at radius 3 is 2.04 bits per heavy atom. The lowest BCUT2D eigenvalue weighted by atomic mass is 10.1. The van der Waals surface area contributed by atoms with Crippen LogP contribution in [-0.4, -0.2) is 25.5 Å². The van der Waals surface area contributed by atoms with Gasteiger partial charge in [-0.25, -0.2) is 0 Å². The van der Waals surface area contributed by atoms with Crippen molar-refractivity contribution >= 4 is 11.9 Å². The summed E-state index contributed by atoms with van der Waals surface area (Å²) in [6.45, 7) is 2.95. The second-order valence-corrected chi connectivity index (χ2v) is 6.66. The fourth-order valence-electron chi connectivity index (χ4n) is 2.63. The van der Waals surface area contributed by atoms with Crippen molar-refractivity contribution in [3.63, 3.8) is 0 Å². The SMILES string of the molecule is CCCCNC(=O)CCCC=CCCCCCCCCCC(=O)OC. The summed E-state index contributed by atoms with van der Waals surface area (Å²) in [5.41, 5.74) is 0. The Bertz CT molecular complexity index is 353. The number of rotatable bonds is 17. The van der Waals surface area contributed by atoms with Gasteiger partial charge in [0, 0.05) is 19.4 Å². The number of allylic oxidation sites excluding steroid dienone is 2. The van der Waals surface area contributed by atoms with Gasteiger partial charge < -0.3 is 10.1 Å². The number of amides is 1. The summed E-state index contributed by atoms with van der Waals surface area (Å²) in [4.78, 5) is 22.5. The van der Waals surface area contributed by atoms with Crippen molar-refractivity contribution < 1.29 is 14.3 Å². The van der Waals surface area contributed by atoms with Crippen molar-refractivity contribution in [2.24, 2.45) is 0 Å². The third-order valence-corrected chi connectivity index (χ3v) is 4.27. The quantitative estimate of drug-likeness (QED) is 0.219. The lowest BCUT2D eigenvalue weighted by molar-refractivity contribution is -0.140. The largest absolute Gasteiger partial charge is 0.469 e. The van der Waals surface area contributed by atoms with Gasteiger partial charge in [-0.05, 0) is 38.5 Å². The normalized spacial score (nSPS) is 11.0. The van der Waals surface area contributed by atoms with E-state index in [1.807, 2.05) is 0 Å². The van der Waals surface area contributed by atoms with Crippen LogP contribution in [0.2, 0.25) is 0 Å². The average molecular weight is 354 g/mol. The Kier molecular flexibility index (Phi) is 18.0. The average Bonchev–Trinajstić information content (AvgIpc) is 2.61. The maximum Gasteiger partial charge on any atom is 0.305 e. The van der Waals surface area contributed by atoms with Crippen LogP contribution in [0, 0.1) is 0 Å². The molecule has 0 aliphatic heterocycles. The number of hydrogen-bond acceptors (Lipinski definition) is 3. The number of nitrogens with one attached hydrogen (secondary N) is 1. The van der Waals surface area contributed by atoms with Gasteiger partial charge in [0.15, 0.2) is 0 Å². The smallest absolute Gasteiger partial charge is 0.305 e. The number of ether oxygens (including phenoxy) is 1. The van der Waals surface area contributed by atoms with E-state index in [9.17, 15) is 9.59 Å². The third-order valence-electron chi connectivity index (χ3n) is 4.27. The fraction of sp³-hybridized carbons (Fsp3) is 0.810. The molecule has 0 bridgehead atoms. The van der Waals surface area contributed by atoms with Crippen molar-refractivity contribution in [1.29, 1.82) is 0 Å². The summed E-state index contributed by atoms with van der Waals surface area (Å²) in [6.07, 6.45) is 19.3. The van der Waals surface area contributed by atoms with Crippen LogP contribution in [0.5, 0.6) is 0 Å². The van der Waals surface area contributed by atoms with Gasteiger partial charge in [-0.3, -0.25) is 9.59 Å². The van der Waals surface area contributed by atoms with Crippen LogP contribution in [0.4, 0.5) is 0 Å². The van der Waals surface area contributed by atoms with E-state index >= 15 is 0 Å². The molecule has 4 heteroatoms. The van der Waals surface area contributed by atoms with Crippen LogP contribution in [0.1, 0.15) is 96.8 Å². The molecule has 0 spiro atoms. The van der Waals surface area contributed by atoms with Gasteiger partial charge in [0.25, 0.3) is 0 Å². The van der Waals surface area contributed by atoms with E-state index in [2.05, 4.69) is 29.1 Å². The first-order chi connectivity index (χ1) is 12.2. The monoisotopic (exact) mass is 353 g/mol. The van der Waals surface area contributed by atoms with Gasteiger partial charge in [-0.1, -0.05) is 57.6 Å². The molecule has 0 atom stereocenters. The Labute approximate surface area is 154 Å². The summed E-state index contributed by atoms with van der Waals surface area (Å²) in [7, 11) is 1.45. The molecule has 1 N–H and O–H groups in total. The Morgan fingerprint density at radius 1 is 0.800 bits per heavy atom. The van der Waals surface area contributed by atoms with Gasteiger partial charge in [0.2, 0.25) is 5.91 Å². The van der Waals surface area contributed by atoms with Crippen LogP contribution >= 0.6 is 0 Å². The van der Waals surface area contributed by atoms with Crippen molar-refractivity contribution in [3.05, 3.63) is 12.2 Å². The highest BCUT2D eigenvalue weighted by Crippen LogP contribution is 2.10. The van der Waals surface area contributed by atoms with E-state index in [4.69, 9.17) is 0 Å². The molecule has 4 nitrogen and oxygen atoms in total. The van der Waals surface area contributed by atoms with Gasteiger partial charge in [-0.15, -0.1) is 0 Å². The predicted octanol–water partition coefficient (Wildman–Crippen LogP) is 5.31. The summed E-state index contributed by atoms with van der Waals surface area (Å²) >= 11 is 0. The summed E-state index contributed by atoms with van der Waals surface area (Å²) < 4.78 is 4.62. The summed E-state index contributed by atoms with van der Waals surface area (Å²) in [5, 5.41) is 2.95. The molecule has 0 saturated carbocycles. The summed E-state index contributed by atoms with van der Waals surface area (Å²) in [6, 6.07) is 0. The topological polar surface area (TPSA) is 55.4 Å². The minimum absolute atomic E-state index is 0.0936. The highest BCUT2D eigenvalue weighted by atomic mass is 16.5. The second kappa shape index (κ2) is 19.0. The molecular weight excluding hydrogens is 314 g/mol. The fourth-order valence-corrected chi connectivity index (χ4v) is 2.63. The molecule has 25 heavy (non-hydrogen) atoms. The number of carbonyl (C=O) groups excluding carboxylic acids is 2. The van der Waals surface area contributed by atoms with Crippen molar-refractivity contribution in [3.8, 4) is 0 Å². The highest BCUT2D eigenvalue weighted by Gasteiger charge is 1.99. The van der Waals surface area contributed by atoms with Gasteiger partial charge in [-0.2, -0.15) is 0 Å². The number of esters is 1. The molecule has 0 rings (SSSR count). The minimum Gasteiger partial charge on any atom is -0.469 e. The van der Waals surface area contributed by atoms with Crippen molar-refractivity contribution in [1.82, 2.24) is 5.32 Å². The van der Waals surface area contributed by atoms with Crippen molar-refractivity contribution in [2.75, 3.05) is 13.7 Å². The zero-order chi connectivity index (χ0) is 18.6. The van der Waals surface area contributed by atoms with E-state index < -0.39 is 0 Å². The highest BCUT2D eigenvalue weighted by molar-refractivity contribution is 5.75. The van der Waals surface area contributed by atoms with Crippen LogP contribution in [0.3, 0.4) is 0 Å². The molecule has 0 aliphatic rings. The number of hydrogen-bond donors (Lipinski definition) is 1. The van der Waals surface area contributed by atoms with Crippen LogP contribution in [-0.2, 0) is 14.3 Å². The molecular formula is C21H39NO3. The lowest BCUT2D eigenvalue weighted by Crippen LogP contribution is -2.23. The van der Waals surface area contributed by atoms with E-state index in [1.165, 1.54) is 39.2 Å². The molecule has 0 heterocycles. The second-order valence-electron chi connectivity index (χ2n) is 6.66. The van der Waals surface area contributed by atoms with E-state index in [0.29, 0.717) is 12.8 Å². The summed E-state index contributed by atoms with van der Waals surface area (Å²) in [5.74, 6) is 0.0948. The van der Waals surface area contributed by atoms with E-state index in [-0.39, 0.29) is 11.9 Å². The van der Waals surface area contributed by atoms with E-state index in [1.54, 1.807) is 0 Å². The first-order valence-electron chi connectivity index (χ1n) is 10.2. The molecule has 0 aromatic carbocycles. The van der Waals surface area contributed by atoms with E-state index in [0.717, 1.165) is 51.5 Å². The van der Waals surface area contributed by atoms with Gasteiger partial charge in [0.1, 0.15) is 0 Å². The number of carbonyl (C=O) groups is 2. The molecule has 0 fully saturated rings. The minimum atomic E-state index is -0.0936. The first-order valence-corrected chi connectivity index (χ1v) is 10.2. The maximum atomic E-state index is 11.5. The standard InChI is InChI=1S/C21H39NO3/c1-3-4-19-22-20(23)17-15-13-11-9-7-5-6-8-10-12-14-16-18-21(24)25-2/h9,11H,3-8,10,12-19H2,1-2H3,(H,22,23). The first kappa shape index (κ1) is 23.7. The van der Waals surface area contributed by atoms with Crippen LogP contribution in [0.15, 0.2) is 12.2 Å². The van der Waals surface area contributed by atoms with Gasteiger partial charge >= 0.3 is 5.97 Å². The molecule has 0 aliphatic carbocycles. The Balaban J connectivity index is 3.23. The maximum absolute atomic E-state index is 11.5. The van der Waals surface area contributed by atoms with Crippen molar-refractivity contribution in [2.45, 2.75) is 96.8 Å². The Morgan fingerprint density at radius 2 is 1.40 bits per heavy atom. The molecule has 0 saturated heterocycles. The molecule has 0 unspecified atom stereocenters. The zero-order valence-corrected chi connectivity index (χ0v) is 16.5. The predicted molar refractivity (Wildman–Crippen MR) is 104 cm³/mol. The van der Waals surface area contributed by atoms with Crippen LogP contribution < -0.4 is 5.32 Å². The molecule has 0 aromatic heterocycles. The third kappa shape index (κ3) is 18.9. The molecule has 0 aromatic rings. The zero-order valence-electron chi connectivity index (χ0n) is 16.5. The number of unbranched alkanes of at least 4 members (excludes halogenated alkanes) is 9. The Hall–Kier alpha value is -1.32. The number of methoxy groups -OCH3 is 1. The lowest BCUT2D eigenvalue weighted by Gasteiger charge is -2.02. The molecule has 1 amide bonds.